The number of aryl methyl sites for hydroxylation is 2. The van der Waals surface area contributed by atoms with Crippen molar-refractivity contribution in [3.63, 3.8) is 0 Å². The van der Waals surface area contributed by atoms with E-state index in [0.717, 1.165) is 16.7 Å². The smallest absolute Gasteiger partial charge is 0.156 e. The van der Waals surface area contributed by atoms with Gasteiger partial charge in [0.05, 0.1) is 18.1 Å². The second kappa shape index (κ2) is 4.77. The molecule has 0 aliphatic carbocycles. The molecule has 0 fully saturated rings. The van der Waals surface area contributed by atoms with Crippen molar-refractivity contribution >= 4 is 9.84 Å². The Kier molecular flexibility index (Phi) is 3.88. The Morgan fingerprint density at radius 1 is 1.13 bits per heavy atom. The van der Waals surface area contributed by atoms with Gasteiger partial charge in [0.15, 0.2) is 9.84 Å². The van der Waals surface area contributed by atoms with Gasteiger partial charge in [0.2, 0.25) is 0 Å². The van der Waals surface area contributed by atoms with Crippen molar-refractivity contribution in [1.29, 1.82) is 0 Å². The molecule has 1 rings (SSSR count). The van der Waals surface area contributed by atoms with Gasteiger partial charge < -0.3 is 5.11 Å². The number of hydrogen-bond acceptors (Lipinski definition) is 3. The van der Waals surface area contributed by atoms with E-state index in [2.05, 4.69) is 0 Å². The lowest BCUT2D eigenvalue weighted by atomic mass is 10.1. The molecule has 1 N–H and O–H groups in total. The molecule has 1 aromatic carbocycles. The summed E-state index contributed by atoms with van der Waals surface area (Å²) in [5, 5.41) is 8.61. The molecule has 0 atom stereocenters. The Bertz CT molecular complexity index is 415. The summed E-state index contributed by atoms with van der Waals surface area (Å²) in [5.41, 5.74) is 2.91. The second-order valence-corrected chi connectivity index (χ2v) is 6.00. The maximum absolute atomic E-state index is 11.5. The third-order valence-corrected chi connectivity index (χ3v) is 3.65. The molecule has 0 unspecified atom stereocenters. The summed E-state index contributed by atoms with van der Waals surface area (Å²) in [7, 11) is -3.17. The molecule has 0 spiro atoms. The van der Waals surface area contributed by atoms with Crippen LogP contribution >= 0.6 is 0 Å². The van der Waals surface area contributed by atoms with Crippen LogP contribution < -0.4 is 0 Å². The Morgan fingerprint density at radius 2 is 1.67 bits per heavy atom. The molecule has 0 heterocycles. The summed E-state index contributed by atoms with van der Waals surface area (Å²) in [6.07, 6.45) is 0. The maximum Gasteiger partial charge on any atom is 0.156 e. The fraction of sp³-hybridized carbons (Fsp3) is 0.455. The number of hydrogen-bond donors (Lipinski definition) is 1. The molecule has 0 saturated carbocycles. The average molecular weight is 228 g/mol. The summed E-state index contributed by atoms with van der Waals surface area (Å²) in [6.45, 7) is 3.57. The normalized spacial score (nSPS) is 11.7. The molecule has 3 nitrogen and oxygen atoms in total. The number of rotatable bonds is 4. The molecule has 4 heteroatoms. The van der Waals surface area contributed by atoms with E-state index in [4.69, 9.17) is 5.11 Å². The highest BCUT2D eigenvalue weighted by Gasteiger charge is 2.11. The molecule has 0 radical (unpaired) electrons. The van der Waals surface area contributed by atoms with Crippen molar-refractivity contribution in [2.24, 2.45) is 0 Å². The van der Waals surface area contributed by atoms with Gasteiger partial charge in [-0.05, 0) is 19.4 Å². The van der Waals surface area contributed by atoms with Crippen molar-refractivity contribution in [2.45, 2.75) is 19.6 Å². The number of aliphatic hydroxyl groups is 1. The van der Waals surface area contributed by atoms with Crippen LogP contribution in [0.25, 0.3) is 0 Å². The SMILES string of the molecule is Cc1cc(C)cc(CS(=O)(=O)CCO)c1. The van der Waals surface area contributed by atoms with E-state index in [0.29, 0.717) is 0 Å². The minimum absolute atomic E-state index is 0.01000. The van der Waals surface area contributed by atoms with Crippen LogP contribution in [0.3, 0.4) is 0 Å². The predicted molar refractivity (Wildman–Crippen MR) is 60.5 cm³/mol. The molecule has 0 bridgehead atoms. The first kappa shape index (κ1) is 12.2. The van der Waals surface area contributed by atoms with Gasteiger partial charge >= 0.3 is 0 Å². The van der Waals surface area contributed by atoms with E-state index >= 15 is 0 Å². The zero-order valence-electron chi connectivity index (χ0n) is 9.03. The van der Waals surface area contributed by atoms with Crippen LogP contribution in [0.4, 0.5) is 0 Å². The Labute approximate surface area is 90.7 Å². The number of sulfone groups is 1. The van der Waals surface area contributed by atoms with Gasteiger partial charge in [-0.3, -0.25) is 0 Å². The minimum atomic E-state index is -3.17. The minimum Gasteiger partial charge on any atom is -0.395 e. The lowest BCUT2D eigenvalue weighted by molar-refractivity contribution is 0.319. The van der Waals surface area contributed by atoms with Gasteiger partial charge in [-0.15, -0.1) is 0 Å². The largest absolute Gasteiger partial charge is 0.395 e. The summed E-state index contributed by atoms with van der Waals surface area (Å²) in [6, 6.07) is 5.73. The van der Waals surface area contributed by atoms with Gasteiger partial charge in [0, 0.05) is 0 Å². The van der Waals surface area contributed by atoms with Gasteiger partial charge in [-0.1, -0.05) is 29.3 Å². The molecule has 0 saturated heterocycles. The van der Waals surface area contributed by atoms with Gasteiger partial charge in [0.1, 0.15) is 0 Å². The molecule has 0 aliphatic rings. The molecule has 84 valence electrons. The molecular formula is C11H16O3S. The monoisotopic (exact) mass is 228 g/mol. The predicted octanol–water partition coefficient (Wildman–Crippen LogP) is 1.21. The first-order chi connectivity index (χ1) is 6.93. The van der Waals surface area contributed by atoms with Crippen LogP contribution in [0.2, 0.25) is 0 Å². The van der Waals surface area contributed by atoms with Crippen LogP contribution in [-0.4, -0.2) is 25.9 Å². The number of aliphatic hydroxyl groups excluding tert-OH is 1. The fourth-order valence-corrected chi connectivity index (χ4v) is 2.71. The lowest BCUT2D eigenvalue weighted by Gasteiger charge is -2.05. The van der Waals surface area contributed by atoms with Crippen molar-refractivity contribution in [3.05, 3.63) is 34.9 Å². The zero-order chi connectivity index (χ0) is 11.5. The van der Waals surface area contributed by atoms with Crippen molar-refractivity contribution in [1.82, 2.24) is 0 Å². The maximum atomic E-state index is 11.5. The molecular weight excluding hydrogens is 212 g/mol. The molecule has 0 amide bonds. The quantitative estimate of drug-likeness (QED) is 0.842. The highest BCUT2D eigenvalue weighted by molar-refractivity contribution is 7.90. The van der Waals surface area contributed by atoms with Crippen LogP contribution in [0, 0.1) is 13.8 Å². The van der Waals surface area contributed by atoms with Gasteiger partial charge in [-0.25, -0.2) is 8.42 Å². The van der Waals surface area contributed by atoms with E-state index in [9.17, 15) is 8.42 Å². The number of benzene rings is 1. The zero-order valence-corrected chi connectivity index (χ0v) is 9.84. The summed E-state index contributed by atoms with van der Waals surface area (Å²) in [5.74, 6) is -0.157. The molecule has 0 aromatic heterocycles. The van der Waals surface area contributed by atoms with E-state index in [1.54, 1.807) is 0 Å². The Balaban J connectivity index is 2.90. The topological polar surface area (TPSA) is 54.4 Å². The summed E-state index contributed by atoms with van der Waals surface area (Å²) in [4.78, 5) is 0. The first-order valence-corrected chi connectivity index (χ1v) is 6.63. The standard InChI is InChI=1S/C11H16O3S/c1-9-5-10(2)7-11(6-9)8-15(13,14)4-3-12/h5-7,12H,3-4,8H2,1-2H3. The second-order valence-electron chi connectivity index (χ2n) is 3.81. The Morgan fingerprint density at radius 3 is 2.13 bits per heavy atom. The van der Waals surface area contributed by atoms with E-state index in [1.165, 1.54) is 0 Å². The fourth-order valence-electron chi connectivity index (χ4n) is 1.62. The van der Waals surface area contributed by atoms with Gasteiger partial charge in [0.25, 0.3) is 0 Å². The summed E-state index contributed by atoms with van der Waals surface area (Å²) < 4.78 is 22.9. The van der Waals surface area contributed by atoms with Crippen LogP contribution in [0.5, 0.6) is 0 Å². The van der Waals surface area contributed by atoms with E-state index in [1.807, 2.05) is 32.0 Å². The highest BCUT2D eigenvalue weighted by Crippen LogP contribution is 2.12. The van der Waals surface area contributed by atoms with Crippen LogP contribution in [-0.2, 0) is 15.6 Å². The lowest BCUT2D eigenvalue weighted by Crippen LogP contribution is -2.12. The van der Waals surface area contributed by atoms with Gasteiger partial charge in [-0.2, -0.15) is 0 Å². The summed E-state index contributed by atoms with van der Waals surface area (Å²) >= 11 is 0. The van der Waals surface area contributed by atoms with Crippen molar-refractivity contribution in [2.75, 3.05) is 12.4 Å². The first-order valence-electron chi connectivity index (χ1n) is 4.81. The van der Waals surface area contributed by atoms with E-state index in [-0.39, 0.29) is 18.1 Å². The highest BCUT2D eigenvalue weighted by atomic mass is 32.2. The third kappa shape index (κ3) is 4.01. The third-order valence-electron chi connectivity index (χ3n) is 2.07. The molecule has 0 aliphatic heterocycles. The average Bonchev–Trinajstić information content (AvgIpc) is 1.99. The van der Waals surface area contributed by atoms with Crippen LogP contribution in [0.15, 0.2) is 18.2 Å². The van der Waals surface area contributed by atoms with Crippen molar-refractivity contribution < 1.29 is 13.5 Å². The Hall–Kier alpha value is -0.870. The van der Waals surface area contributed by atoms with E-state index < -0.39 is 9.84 Å². The van der Waals surface area contributed by atoms with Crippen LogP contribution in [0.1, 0.15) is 16.7 Å². The van der Waals surface area contributed by atoms with Crippen molar-refractivity contribution in [3.8, 4) is 0 Å². The molecule has 1 aromatic rings. The molecule has 15 heavy (non-hydrogen) atoms.